The number of nitrogens with one attached hydrogen (secondary N) is 1. The molecule has 0 aliphatic carbocycles. The van der Waals surface area contributed by atoms with Crippen LogP contribution in [0.15, 0.2) is 62.0 Å². The van der Waals surface area contributed by atoms with Gasteiger partial charge in [0.05, 0.1) is 5.56 Å². The average molecular weight is 1390 g/mol. The molecule has 11 rings (SSSR count). The Balaban J connectivity index is -0.000000994. The smallest absolute Gasteiger partial charge is 0.339 e. The van der Waals surface area contributed by atoms with E-state index in [1.807, 2.05) is 135 Å². The summed E-state index contributed by atoms with van der Waals surface area (Å²) in [5.41, 5.74) is 4.73. The first-order valence-electron chi connectivity index (χ1n) is 34.8. The summed E-state index contributed by atoms with van der Waals surface area (Å²) in [6, 6.07) is 16.2. The van der Waals surface area contributed by atoms with E-state index in [1.54, 1.807) is 25.2 Å². The number of ether oxygens (including phenoxy) is 2. The highest BCUT2D eigenvalue weighted by Gasteiger charge is 2.32. The van der Waals surface area contributed by atoms with Crippen molar-refractivity contribution < 1.29 is 27.7 Å². The molecule has 96 heavy (non-hydrogen) atoms. The number of fused-ring (bicyclic) bond motifs is 2. The number of hydrogen-bond donors (Lipinski definition) is 1. The Morgan fingerprint density at radius 3 is 1.34 bits per heavy atom. The highest BCUT2D eigenvalue weighted by Crippen LogP contribution is 2.35. The van der Waals surface area contributed by atoms with E-state index in [0.29, 0.717) is 70.8 Å². The topological polar surface area (TPSA) is 242 Å². The van der Waals surface area contributed by atoms with Gasteiger partial charge in [-0.2, -0.15) is 18.7 Å². The van der Waals surface area contributed by atoms with Crippen LogP contribution < -0.4 is 5.32 Å². The molecule has 1 saturated heterocycles. The van der Waals surface area contributed by atoms with Crippen LogP contribution in [0.3, 0.4) is 0 Å². The van der Waals surface area contributed by atoms with Crippen molar-refractivity contribution in [2.24, 2.45) is 17.8 Å². The molecule has 0 spiro atoms. The van der Waals surface area contributed by atoms with E-state index in [9.17, 15) is 4.79 Å². The zero-order chi connectivity index (χ0) is 74.0. The van der Waals surface area contributed by atoms with Gasteiger partial charge >= 0.3 is 5.97 Å². The lowest BCUT2D eigenvalue weighted by atomic mass is 9.97. The number of cyclic esters (lactones) is 1. The van der Waals surface area contributed by atoms with Crippen LogP contribution in [-0.4, -0.2) is 85.1 Å². The minimum Gasteiger partial charge on any atom is -0.454 e. The third kappa shape index (κ3) is 44.7. The number of aromatic nitrogens is 12. The summed E-state index contributed by atoms with van der Waals surface area (Å²) in [7, 11) is 0. The van der Waals surface area contributed by atoms with E-state index < -0.39 is 0 Å². The third-order valence-electron chi connectivity index (χ3n) is 11.4. The molecule has 0 amide bonds. The summed E-state index contributed by atoms with van der Waals surface area (Å²) < 4.78 is 33.2. The number of hydrogen-bond acceptors (Lipinski definition) is 22. The van der Waals surface area contributed by atoms with Crippen molar-refractivity contribution in [3.05, 3.63) is 138 Å². The number of aryl methyl sites for hydroxylation is 6. The zero-order valence-electron chi connectivity index (χ0n) is 65.4. The minimum absolute atomic E-state index is 0.0521. The standard InChI is InChI=1S/C11H12O2.C9H11N.3C6H10N2O.3C6H10N2S.C4H8O.2C4H10.3C2H6/c1-7(2)10-8-5-3-4-6-9(8)11(12)13-10;1-2-4-9-7-10-6-5-8(9)3-1;1-4(2)6-8-7-5(3)9-6;1-4(2)6-7-5(3)9-8-6;1-4(2)6-7-5(3)8-9-6;1-4(2)6-8-7-5(3)9-6;1-4(2)6-7-5(3)9-8-6;1-4(2)6-7-5(3)8-9-6;1-2-4-5-3-1;2*1-4(2)3;3*1-2/h3-7,10H,1-2H3;1-4,10H,5-7H2;6*4H,1-3H3;1-4H2;2*4H,1-3H3;3*1-2H3. The largest absolute Gasteiger partial charge is 0.454 e. The van der Waals surface area contributed by atoms with Gasteiger partial charge in [-0.15, -0.1) is 31.7 Å². The van der Waals surface area contributed by atoms with Crippen molar-refractivity contribution in [1.29, 1.82) is 0 Å². The highest BCUT2D eigenvalue weighted by molar-refractivity contribution is 7.11. The van der Waals surface area contributed by atoms with Crippen molar-refractivity contribution in [2.45, 2.75) is 289 Å². The summed E-state index contributed by atoms with van der Waals surface area (Å²) >= 11 is 4.64. The van der Waals surface area contributed by atoms with Crippen LogP contribution in [0.1, 0.15) is 328 Å². The molecule has 1 unspecified atom stereocenters. The second kappa shape index (κ2) is 55.9. The van der Waals surface area contributed by atoms with Gasteiger partial charge in [0, 0.05) is 74.7 Å². The molecule has 3 aliphatic heterocycles. The number of esters is 1. The van der Waals surface area contributed by atoms with Gasteiger partial charge in [0.25, 0.3) is 0 Å². The zero-order valence-corrected chi connectivity index (χ0v) is 67.8. The quantitative estimate of drug-likeness (QED) is 0.146. The molecule has 1 N–H and O–H groups in total. The maximum absolute atomic E-state index is 11.4. The maximum Gasteiger partial charge on any atom is 0.339 e. The predicted molar refractivity (Wildman–Crippen MR) is 402 cm³/mol. The lowest BCUT2D eigenvalue weighted by Gasteiger charge is -2.15. The van der Waals surface area contributed by atoms with Gasteiger partial charge in [0.2, 0.25) is 23.6 Å². The maximum atomic E-state index is 11.4. The minimum atomic E-state index is -0.186. The highest BCUT2D eigenvalue weighted by atomic mass is 32.1. The lowest BCUT2D eigenvalue weighted by molar-refractivity contribution is 0.0280. The van der Waals surface area contributed by atoms with E-state index in [1.165, 1.54) is 53.5 Å². The number of carbonyl (C=O) groups excluding carboxylic acids is 1. The predicted octanol–water partition coefficient (Wildman–Crippen LogP) is 21.5. The fourth-order valence-electron chi connectivity index (χ4n) is 6.88. The lowest BCUT2D eigenvalue weighted by Crippen LogP contribution is -2.23. The molecule has 8 aromatic rings. The van der Waals surface area contributed by atoms with E-state index in [-0.39, 0.29) is 12.1 Å². The van der Waals surface area contributed by atoms with Crippen LogP contribution in [-0.2, 0) is 22.4 Å². The molecule has 1 atom stereocenters. The van der Waals surface area contributed by atoms with Gasteiger partial charge in [-0.25, -0.2) is 14.8 Å². The average Bonchev–Trinajstić information content (AvgIpc) is 1.65. The van der Waals surface area contributed by atoms with E-state index in [2.05, 4.69) is 186 Å². The summed E-state index contributed by atoms with van der Waals surface area (Å²) in [6.07, 6.45) is 3.69. The van der Waals surface area contributed by atoms with Crippen molar-refractivity contribution >= 4 is 40.4 Å². The van der Waals surface area contributed by atoms with Gasteiger partial charge in [-0.05, 0) is 112 Å². The van der Waals surface area contributed by atoms with Crippen LogP contribution in [0.2, 0.25) is 0 Å². The number of carbonyl (C=O) groups is 1. The van der Waals surface area contributed by atoms with Gasteiger partial charge < -0.3 is 28.3 Å². The molecular formula is C74H129N13O6S3. The molecule has 19 nitrogen and oxygen atoms in total. The van der Waals surface area contributed by atoms with Gasteiger partial charge in [0.15, 0.2) is 11.6 Å². The van der Waals surface area contributed by atoms with Crippen LogP contribution in [0.25, 0.3) is 0 Å². The Labute approximate surface area is 593 Å². The first-order chi connectivity index (χ1) is 45.3. The van der Waals surface area contributed by atoms with Crippen LogP contribution in [0.5, 0.6) is 0 Å². The van der Waals surface area contributed by atoms with Crippen molar-refractivity contribution in [3.63, 3.8) is 0 Å². The van der Waals surface area contributed by atoms with Gasteiger partial charge in [0.1, 0.15) is 37.8 Å². The van der Waals surface area contributed by atoms with E-state index in [0.717, 1.165) is 86.8 Å². The fourth-order valence-corrected chi connectivity index (χ4v) is 8.85. The molecule has 0 saturated carbocycles. The SMILES string of the molecule is C1CCOC1.CC.CC.CC.CC(C)C.CC(C)C.CC(C)C1OC(=O)c2ccccc21.Cc1nc(C(C)C)no1.Cc1nc(C(C)C)ns1.Cc1nnc(C(C)C)o1.Cc1nnc(C(C)C)s1.Cc1noc(C(C)C)n1.Cc1nsc(C(C)C)n1.c1ccc2c(c1)CCNC2. The summed E-state index contributed by atoms with van der Waals surface area (Å²) in [4.78, 5) is 27.9. The number of rotatable bonds is 7. The van der Waals surface area contributed by atoms with Crippen molar-refractivity contribution in [2.75, 3.05) is 19.8 Å². The Morgan fingerprint density at radius 1 is 0.490 bits per heavy atom. The van der Waals surface area contributed by atoms with E-state index >= 15 is 0 Å². The molecule has 2 aromatic carbocycles. The molecule has 6 aromatic heterocycles. The van der Waals surface area contributed by atoms with Crippen LogP contribution in [0, 0.1) is 59.3 Å². The number of benzene rings is 2. The van der Waals surface area contributed by atoms with Crippen LogP contribution in [0.4, 0.5) is 0 Å². The Kier molecular flexibility index (Phi) is 54.8. The van der Waals surface area contributed by atoms with Gasteiger partial charge in [-0.1, -0.05) is 233 Å². The third-order valence-corrected chi connectivity index (χ3v) is 14.3. The second-order valence-corrected chi connectivity index (χ2v) is 28.0. The molecule has 544 valence electrons. The molecule has 1 fully saturated rings. The van der Waals surface area contributed by atoms with Gasteiger partial charge in [-0.3, -0.25) is 0 Å². The summed E-state index contributed by atoms with van der Waals surface area (Å²) in [6.45, 7) is 69.4. The van der Waals surface area contributed by atoms with Crippen LogP contribution >= 0.6 is 34.4 Å². The molecule has 9 heterocycles. The summed E-state index contributed by atoms with van der Waals surface area (Å²) in [5.74, 6) is 10.4. The monoisotopic (exact) mass is 1390 g/mol. The summed E-state index contributed by atoms with van der Waals surface area (Å²) in [5, 5.41) is 30.5. The Bertz CT molecular complexity index is 2710. The Hall–Kier alpha value is -6.07. The normalized spacial score (nSPS) is 12.6. The first-order valence-corrected chi connectivity index (χ1v) is 37.1. The molecule has 0 radical (unpaired) electrons. The first kappa shape index (κ1) is 94.1. The van der Waals surface area contributed by atoms with Crippen molar-refractivity contribution in [1.82, 2.24) is 64.7 Å². The van der Waals surface area contributed by atoms with E-state index in [4.69, 9.17) is 22.9 Å². The fraction of sp³-hybridized carbons (Fsp3) is 0.662. The molecule has 0 bridgehead atoms. The molecule has 22 heteroatoms. The van der Waals surface area contributed by atoms with Crippen molar-refractivity contribution in [3.8, 4) is 0 Å². The Morgan fingerprint density at radius 2 is 1.03 bits per heavy atom. The molecular weight excluding hydrogens is 1260 g/mol. The number of nitrogens with zero attached hydrogens (tertiary/aromatic N) is 12. The second-order valence-electron chi connectivity index (χ2n) is 25.1. The molecule has 3 aliphatic rings.